The first kappa shape index (κ1) is 20.6. The van der Waals surface area contributed by atoms with E-state index in [1.54, 1.807) is 0 Å². The van der Waals surface area contributed by atoms with Crippen LogP contribution < -0.4 is 5.32 Å². The van der Waals surface area contributed by atoms with E-state index in [4.69, 9.17) is 0 Å². The third kappa shape index (κ3) is 4.45. The highest BCUT2D eigenvalue weighted by Gasteiger charge is 2.32. The Balaban J connectivity index is 1.85. The molecule has 1 saturated heterocycles. The summed E-state index contributed by atoms with van der Waals surface area (Å²) >= 11 is 1.37. The number of likely N-dealkylation sites (N-methyl/N-ethyl adjacent to an activating group) is 1. The molecule has 6 heteroatoms. The lowest BCUT2D eigenvalue weighted by Crippen LogP contribution is -2.49. The van der Waals surface area contributed by atoms with Gasteiger partial charge < -0.3 is 15.1 Å². The van der Waals surface area contributed by atoms with E-state index in [9.17, 15) is 9.59 Å². The molecule has 5 nitrogen and oxygen atoms in total. The van der Waals surface area contributed by atoms with Gasteiger partial charge in [0.05, 0.1) is 15.9 Å². The molecular formula is C22H29N3O2S. The van der Waals surface area contributed by atoms with Crippen LogP contribution >= 0.6 is 11.3 Å². The van der Waals surface area contributed by atoms with E-state index in [-0.39, 0.29) is 17.9 Å². The van der Waals surface area contributed by atoms with Crippen molar-refractivity contribution < 1.29 is 9.59 Å². The van der Waals surface area contributed by atoms with E-state index in [2.05, 4.69) is 29.4 Å². The van der Waals surface area contributed by atoms with Gasteiger partial charge in [-0.15, -0.1) is 11.3 Å². The number of piperazine rings is 1. The van der Waals surface area contributed by atoms with Gasteiger partial charge in [-0.25, -0.2) is 0 Å². The summed E-state index contributed by atoms with van der Waals surface area (Å²) in [5.74, 6) is -0.00443. The Labute approximate surface area is 171 Å². The molecule has 150 valence electrons. The molecule has 3 rings (SSSR count). The van der Waals surface area contributed by atoms with Crippen molar-refractivity contribution in [2.24, 2.45) is 5.41 Å². The lowest BCUT2D eigenvalue weighted by molar-refractivity contribution is -0.123. The Morgan fingerprint density at radius 1 is 1.14 bits per heavy atom. The van der Waals surface area contributed by atoms with Gasteiger partial charge in [-0.3, -0.25) is 9.59 Å². The lowest BCUT2D eigenvalue weighted by atomic mass is 9.96. The number of nitrogens with one attached hydrogen (secondary N) is 1. The molecule has 2 aromatic rings. The Morgan fingerprint density at radius 2 is 1.82 bits per heavy atom. The number of nitrogens with zero attached hydrogens (tertiary/aromatic N) is 2. The topological polar surface area (TPSA) is 52.7 Å². The van der Waals surface area contributed by atoms with Gasteiger partial charge in [0.2, 0.25) is 5.91 Å². The second-order valence-electron chi connectivity index (χ2n) is 8.51. The van der Waals surface area contributed by atoms with Crippen LogP contribution in [0.2, 0.25) is 0 Å². The average Bonchev–Trinajstić information content (AvgIpc) is 3.01. The first-order valence-corrected chi connectivity index (χ1v) is 10.4. The van der Waals surface area contributed by atoms with Gasteiger partial charge in [-0.1, -0.05) is 51.1 Å². The quantitative estimate of drug-likeness (QED) is 0.843. The van der Waals surface area contributed by atoms with Crippen LogP contribution in [-0.4, -0.2) is 48.3 Å². The fourth-order valence-electron chi connectivity index (χ4n) is 3.31. The van der Waals surface area contributed by atoms with Crippen molar-refractivity contribution in [2.75, 3.05) is 32.0 Å². The maximum absolute atomic E-state index is 13.4. The molecule has 28 heavy (non-hydrogen) atoms. The fraction of sp³-hybridized carbons (Fsp3) is 0.455. The van der Waals surface area contributed by atoms with E-state index in [0.29, 0.717) is 11.4 Å². The van der Waals surface area contributed by atoms with Crippen molar-refractivity contribution in [1.82, 2.24) is 9.80 Å². The molecule has 1 unspecified atom stereocenters. The SMILES string of the molecule is Cc1cc(NC(=O)C(C)(C)C)sc1C(=O)N1CCN(C)CC1c1ccccc1. The molecule has 1 aliphatic rings. The number of hydrogen-bond acceptors (Lipinski definition) is 4. The molecular weight excluding hydrogens is 370 g/mol. The minimum atomic E-state index is -0.474. The van der Waals surface area contributed by atoms with E-state index in [1.165, 1.54) is 11.3 Å². The van der Waals surface area contributed by atoms with Crippen LogP contribution in [0.4, 0.5) is 5.00 Å². The lowest BCUT2D eigenvalue weighted by Gasteiger charge is -2.40. The minimum absolute atomic E-state index is 0.0292. The number of amides is 2. The maximum atomic E-state index is 13.4. The maximum Gasteiger partial charge on any atom is 0.264 e. The number of anilines is 1. The van der Waals surface area contributed by atoms with Crippen molar-refractivity contribution in [1.29, 1.82) is 0 Å². The second-order valence-corrected chi connectivity index (χ2v) is 9.57. The Hall–Kier alpha value is -2.18. The molecule has 0 bridgehead atoms. The number of carbonyl (C=O) groups is 2. The second kappa shape index (κ2) is 8.05. The molecule has 2 amide bonds. The van der Waals surface area contributed by atoms with Crippen LogP contribution in [0, 0.1) is 12.3 Å². The first-order chi connectivity index (χ1) is 13.2. The van der Waals surface area contributed by atoms with Crippen LogP contribution in [0.3, 0.4) is 0 Å². The summed E-state index contributed by atoms with van der Waals surface area (Å²) in [6.07, 6.45) is 0. The van der Waals surface area contributed by atoms with Crippen molar-refractivity contribution >= 4 is 28.2 Å². The van der Waals surface area contributed by atoms with E-state index in [1.807, 2.05) is 56.9 Å². The molecule has 1 fully saturated rings. The monoisotopic (exact) mass is 399 g/mol. The third-order valence-corrected chi connectivity index (χ3v) is 6.20. The molecule has 1 atom stereocenters. The molecule has 0 radical (unpaired) electrons. The van der Waals surface area contributed by atoms with Gasteiger partial charge in [0.1, 0.15) is 0 Å². The first-order valence-electron chi connectivity index (χ1n) is 9.63. The van der Waals surface area contributed by atoms with Crippen LogP contribution in [0.5, 0.6) is 0 Å². The summed E-state index contributed by atoms with van der Waals surface area (Å²) in [7, 11) is 2.09. The van der Waals surface area contributed by atoms with Crippen molar-refractivity contribution in [3.05, 3.63) is 52.4 Å². The largest absolute Gasteiger partial charge is 0.328 e. The van der Waals surface area contributed by atoms with Gasteiger partial charge in [-0.2, -0.15) is 0 Å². The van der Waals surface area contributed by atoms with E-state index >= 15 is 0 Å². The van der Waals surface area contributed by atoms with Gasteiger partial charge in [0.25, 0.3) is 5.91 Å². The predicted molar refractivity (Wildman–Crippen MR) is 115 cm³/mol. The Bertz CT molecular complexity index is 854. The molecule has 1 aliphatic heterocycles. The summed E-state index contributed by atoms with van der Waals surface area (Å²) in [6, 6.07) is 12.1. The normalized spacial score (nSPS) is 18.2. The summed E-state index contributed by atoms with van der Waals surface area (Å²) in [6.45, 7) is 9.93. The highest BCUT2D eigenvalue weighted by molar-refractivity contribution is 7.18. The van der Waals surface area contributed by atoms with Gasteiger partial charge in [0, 0.05) is 25.0 Å². The Kier molecular flexibility index (Phi) is 5.91. The highest BCUT2D eigenvalue weighted by atomic mass is 32.1. The minimum Gasteiger partial charge on any atom is -0.328 e. The zero-order valence-corrected chi connectivity index (χ0v) is 18.1. The molecule has 0 aliphatic carbocycles. The third-order valence-electron chi connectivity index (χ3n) is 5.06. The molecule has 0 saturated carbocycles. The van der Waals surface area contributed by atoms with Crippen LogP contribution in [0.1, 0.15) is 47.6 Å². The number of benzene rings is 1. The van der Waals surface area contributed by atoms with Crippen LogP contribution in [0.25, 0.3) is 0 Å². The molecule has 1 N–H and O–H groups in total. The summed E-state index contributed by atoms with van der Waals surface area (Å²) in [4.78, 5) is 30.6. The molecule has 1 aromatic carbocycles. The van der Waals surface area contributed by atoms with Crippen molar-refractivity contribution in [3.8, 4) is 0 Å². The smallest absolute Gasteiger partial charge is 0.264 e. The number of carbonyl (C=O) groups excluding carboxylic acids is 2. The Morgan fingerprint density at radius 3 is 2.46 bits per heavy atom. The number of hydrogen-bond donors (Lipinski definition) is 1. The van der Waals surface area contributed by atoms with Crippen molar-refractivity contribution in [3.63, 3.8) is 0 Å². The standard InChI is InChI=1S/C22H29N3O2S/c1-15-13-18(23-21(27)22(2,3)4)28-19(15)20(26)25-12-11-24(5)14-17(25)16-9-7-6-8-10-16/h6-10,13,17H,11-12,14H2,1-5H3,(H,23,27). The van der Waals surface area contributed by atoms with E-state index < -0.39 is 5.41 Å². The summed E-state index contributed by atoms with van der Waals surface area (Å²) in [5, 5.41) is 3.68. The van der Waals surface area contributed by atoms with Gasteiger partial charge in [-0.05, 0) is 31.2 Å². The van der Waals surface area contributed by atoms with Gasteiger partial charge >= 0.3 is 0 Å². The van der Waals surface area contributed by atoms with Crippen LogP contribution in [-0.2, 0) is 4.79 Å². The fourth-order valence-corrected chi connectivity index (χ4v) is 4.33. The van der Waals surface area contributed by atoms with E-state index in [0.717, 1.165) is 29.2 Å². The van der Waals surface area contributed by atoms with Crippen molar-refractivity contribution in [2.45, 2.75) is 33.7 Å². The summed E-state index contributed by atoms with van der Waals surface area (Å²) < 4.78 is 0. The molecule has 1 aromatic heterocycles. The van der Waals surface area contributed by atoms with Crippen LogP contribution in [0.15, 0.2) is 36.4 Å². The zero-order chi connectivity index (χ0) is 20.5. The number of aryl methyl sites for hydroxylation is 1. The predicted octanol–water partition coefficient (Wildman–Crippen LogP) is 4.17. The van der Waals surface area contributed by atoms with Gasteiger partial charge in [0.15, 0.2) is 0 Å². The molecule has 2 heterocycles. The summed E-state index contributed by atoms with van der Waals surface area (Å²) in [5.41, 5.74) is 1.58. The average molecular weight is 400 g/mol. The molecule has 0 spiro atoms. The number of thiophene rings is 1. The zero-order valence-electron chi connectivity index (χ0n) is 17.3. The highest BCUT2D eigenvalue weighted by Crippen LogP contribution is 2.33. The number of rotatable bonds is 3.